The molecular weight excluding hydrogens is 214 g/mol. The molecular formula is C14H19NO2. The standard InChI is InChI=1S/C14H19NO2/c1-9(15)11(7-8-16)14-10(2)17-13-6-4-3-5-12(13)14/h3-6,9,11,16H,7-8,15H2,1-2H3. The molecule has 0 saturated heterocycles. The van der Waals surface area contributed by atoms with Crippen molar-refractivity contribution in [3.63, 3.8) is 0 Å². The van der Waals surface area contributed by atoms with Crippen molar-refractivity contribution in [3.05, 3.63) is 35.6 Å². The van der Waals surface area contributed by atoms with Crippen molar-refractivity contribution in [2.24, 2.45) is 5.73 Å². The number of furan rings is 1. The van der Waals surface area contributed by atoms with Crippen LogP contribution in [-0.4, -0.2) is 17.8 Å². The number of para-hydroxylation sites is 1. The summed E-state index contributed by atoms with van der Waals surface area (Å²) in [6.45, 7) is 4.08. The molecule has 3 heteroatoms. The van der Waals surface area contributed by atoms with Crippen LogP contribution in [0.5, 0.6) is 0 Å². The molecule has 2 atom stereocenters. The Kier molecular flexibility index (Phi) is 3.50. The number of hydrogen-bond donors (Lipinski definition) is 2. The van der Waals surface area contributed by atoms with Crippen molar-refractivity contribution in [2.75, 3.05) is 6.61 Å². The molecule has 17 heavy (non-hydrogen) atoms. The molecule has 0 aliphatic heterocycles. The predicted molar refractivity (Wildman–Crippen MR) is 69.0 cm³/mol. The van der Waals surface area contributed by atoms with E-state index >= 15 is 0 Å². The molecule has 2 aromatic rings. The maximum Gasteiger partial charge on any atom is 0.134 e. The molecule has 1 aromatic heterocycles. The van der Waals surface area contributed by atoms with E-state index in [0.29, 0.717) is 6.42 Å². The molecule has 3 nitrogen and oxygen atoms in total. The van der Waals surface area contributed by atoms with E-state index < -0.39 is 0 Å². The first-order valence-corrected chi connectivity index (χ1v) is 5.99. The summed E-state index contributed by atoms with van der Waals surface area (Å²) in [5.74, 6) is 1.05. The number of aliphatic hydroxyl groups is 1. The van der Waals surface area contributed by atoms with Crippen molar-refractivity contribution in [2.45, 2.75) is 32.2 Å². The van der Waals surface area contributed by atoms with Gasteiger partial charge in [-0.25, -0.2) is 0 Å². The highest BCUT2D eigenvalue weighted by Crippen LogP contribution is 2.34. The van der Waals surface area contributed by atoms with Crippen molar-refractivity contribution in [1.29, 1.82) is 0 Å². The third kappa shape index (κ3) is 2.21. The second-order valence-corrected chi connectivity index (χ2v) is 4.55. The fraction of sp³-hybridized carbons (Fsp3) is 0.429. The summed E-state index contributed by atoms with van der Waals surface area (Å²) in [6, 6.07) is 7.97. The van der Waals surface area contributed by atoms with Gasteiger partial charge < -0.3 is 15.3 Å². The molecule has 2 rings (SSSR count). The smallest absolute Gasteiger partial charge is 0.134 e. The van der Waals surface area contributed by atoms with E-state index in [1.807, 2.05) is 38.1 Å². The van der Waals surface area contributed by atoms with Gasteiger partial charge in [0, 0.05) is 29.5 Å². The molecule has 3 N–H and O–H groups in total. The van der Waals surface area contributed by atoms with Crippen LogP contribution in [0, 0.1) is 6.92 Å². The Balaban J connectivity index is 2.55. The first-order valence-electron chi connectivity index (χ1n) is 5.99. The van der Waals surface area contributed by atoms with Crippen molar-refractivity contribution < 1.29 is 9.52 Å². The summed E-state index contributed by atoms with van der Waals surface area (Å²) in [7, 11) is 0. The first kappa shape index (κ1) is 12.1. The second-order valence-electron chi connectivity index (χ2n) is 4.55. The molecule has 1 aromatic carbocycles. The minimum atomic E-state index is 0.00172. The van der Waals surface area contributed by atoms with Crippen molar-refractivity contribution in [3.8, 4) is 0 Å². The molecule has 0 aliphatic carbocycles. The lowest BCUT2D eigenvalue weighted by atomic mass is 9.88. The molecule has 0 radical (unpaired) electrons. The fourth-order valence-electron chi connectivity index (χ4n) is 2.46. The van der Waals surface area contributed by atoms with Gasteiger partial charge in [-0.1, -0.05) is 18.2 Å². The Bertz CT molecular complexity index is 502. The van der Waals surface area contributed by atoms with Crippen LogP contribution in [0.4, 0.5) is 0 Å². The summed E-state index contributed by atoms with van der Waals surface area (Å²) in [5.41, 5.74) is 8.06. The third-order valence-corrected chi connectivity index (χ3v) is 3.27. The number of fused-ring (bicyclic) bond motifs is 1. The number of nitrogens with two attached hydrogens (primary N) is 1. The van der Waals surface area contributed by atoms with Gasteiger partial charge in [-0.05, 0) is 26.3 Å². The average Bonchev–Trinajstić information content (AvgIpc) is 2.62. The highest BCUT2D eigenvalue weighted by molar-refractivity contribution is 5.82. The van der Waals surface area contributed by atoms with Gasteiger partial charge >= 0.3 is 0 Å². The minimum Gasteiger partial charge on any atom is -0.461 e. The maximum atomic E-state index is 9.16. The van der Waals surface area contributed by atoms with E-state index in [2.05, 4.69) is 0 Å². The van der Waals surface area contributed by atoms with E-state index in [9.17, 15) is 0 Å². The lowest BCUT2D eigenvalue weighted by molar-refractivity contribution is 0.268. The van der Waals surface area contributed by atoms with Gasteiger partial charge in [0.15, 0.2) is 0 Å². The maximum absolute atomic E-state index is 9.16. The average molecular weight is 233 g/mol. The van der Waals surface area contributed by atoms with Gasteiger partial charge in [-0.3, -0.25) is 0 Å². The van der Waals surface area contributed by atoms with Crippen molar-refractivity contribution in [1.82, 2.24) is 0 Å². The SMILES string of the molecule is Cc1oc2ccccc2c1C(CCO)C(C)N. The molecule has 92 valence electrons. The van der Waals surface area contributed by atoms with Crippen LogP contribution in [0.25, 0.3) is 11.0 Å². The van der Waals surface area contributed by atoms with Gasteiger partial charge in [0.25, 0.3) is 0 Å². The molecule has 0 saturated carbocycles. The summed E-state index contributed by atoms with van der Waals surface area (Å²) >= 11 is 0. The van der Waals surface area contributed by atoms with Crippen LogP contribution in [-0.2, 0) is 0 Å². The highest BCUT2D eigenvalue weighted by atomic mass is 16.3. The van der Waals surface area contributed by atoms with E-state index in [1.54, 1.807) is 0 Å². The zero-order valence-corrected chi connectivity index (χ0v) is 10.3. The highest BCUT2D eigenvalue weighted by Gasteiger charge is 2.23. The zero-order chi connectivity index (χ0) is 12.4. The second kappa shape index (κ2) is 4.90. The monoisotopic (exact) mass is 233 g/mol. The quantitative estimate of drug-likeness (QED) is 0.853. The molecule has 2 unspecified atom stereocenters. The third-order valence-electron chi connectivity index (χ3n) is 3.27. The molecule has 0 amide bonds. The number of aliphatic hydroxyl groups excluding tert-OH is 1. The van der Waals surface area contributed by atoms with Crippen LogP contribution in [0.15, 0.2) is 28.7 Å². The number of aryl methyl sites for hydroxylation is 1. The Labute approximate surface area is 101 Å². The van der Waals surface area contributed by atoms with Gasteiger partial charge in [-0.15, -0.1) is 0 Å². The fourth-order valence-corrected chi connectivity index (χ4v) is 2.46. The molecule has 0 aliphatic rings. The lowest BCUT2D eigenvalue weighted by Gasteiger charge is -2.19. The first-order chi connectivity index (χ1) is 8.15. The Morgan fingerprint density at radius 1 is 1.35 bits per heavy atom. The van der Waals surface area contributed by atoms with Gasteiger partial charge in [0.1, 0.15) is 11.3 Å². The minimum absolute atomic E-state index is 0.00172. The summed E-state index contributed by atoms with van der Waals surface area (Å²) in [6.07, 6.45) is 0.669. The van der Waals surface area contributed by atoms with E-state index in [1.165, 1.54) is 0 Å². The zero-order valence-electron chi connectivity index (χ0n) is 10.3. The van der Waals surface area contributed by atoms with Crippen LogP contribution in [0.3, 0.4) is 0 Å². The number of benzene rings is 1. The van der Waals surface area contributed by atoms with Gasteiger partial charge in [-0.2, -0.15) is 0 Å². The van der Waals surface area contributed by atoms with Crippen LogP contribution in [0.1, 0.15) is 30.6 Å². The molecule has 0 bridgehead atoms. The van der Waals surface area contributed by atoms with Gasteiger partial charge in [0.2, 0.25) is 0 Å². The molecule has 0 fully saturated rings. The van der Waals surface area contributed by atoms with Crippen LogP contribution >= 0.6 is 0 Å². The summed E-state index contributed by atoms with van der Waals surface area (Å²) in [5, 5.41) is 10.3. The lowest BCUT2D eigenvalue weighted by Crippen LogP contribution is -2.26. The normalized spacial score (nSPS) is 15.1. The van der Waals surface area contributed by atoms with Crippen LogP contribution in [0.2, 0.25) is 0 Å². The number of hydrogen-bond acceptors (Lipinski definition) is 3. The Morgan fingerprint density at radius 2 is 2.06 bits per heavy atom. The molecule has 1 heterocycles. The van der Waals surface area contributed by atoms with E-state index in [0.717, 1.165) is 22.3 Å². The van der Waals surface area contributed by atoms with E-state index in [-0.39, 0.29) is 18.6 Å². The summed E-state index contributed by atoms with van der Waals surface area (Å²) in [4.78, 5) is 0. The largest absolute Gasteiger partial charge is 0.461 e. The molecule has 0 spiro atoms. The Hall–Kier alpha value is -1.32. The van der Waals surface area contributed by atoms with Crippen LogP contribution < -0.4 is 5.73 Å². The Morgan fingerprint density at radius 3 is 2.71 bits per heavy atom. The van der Waals surface area contributed by atoms with E-state index in [4.69, 9.17) is 15.3 Å². The topological polar surface area (TPSA) is 59.4 Å². The van der Waals surface area contributed by atoms with Crippen molar-refractivity contribution >= 4 is 11.0 Å². The van der Waals surface area contributed by atoms with Gasteiger partial charge in [0.05, 0.1) is 0 Å². The summed E-state index contributed by atoms with van der Waals surface area (Å²) < 4.78 is 5.74. The number of rotatable bonds is 4. The predicted octanol–water partition coefficient (Wildman–Crippen LogP) is 2.55.